The van der Waals surface area contributed by atoms with Gasteiger partial charge >= 0.3 is 6.09 Å². The number of rotatable bonds is 5. The molecule has 6 heteroatoms. The average Bonchev–Trinajstić information content (AvgIpc) is 2.70. The standard InChI is InChI=1S/C14H26N4O2/c1-10(9-16-13(19)20-14(3,4)5)17-11(2)12-15-7-8-18(12)6/h7-8,10-11,17H,9H2,1-6H3,(H,16,19). The molecule has 0 aromatic carbocycles. The van der Waals surface area contributed by atoms with Crippen molar-refractivity contribution in [2.75, 3.05) is 6.54 Å². The lowest BCUT2D eigenvalue weighted by atomic mass is 10.2. The smallest absolute Gasteiger partial charge is 0.407 e. The van der Waals surface area contributed by atoms with Crippen LogP contribution in [0, 0.1) is 0 Å². The molecule has 1 heterocycles. The van der Waals surface area contributed by atoms with E-state index in [0.717, 1.165) is 5.82 Å². The molecular weight excluding hydrogens is 256 g/mol. The Morgan fingerprint density at radius 3 is 2.60 bits per heavy atom. The summed E-state index contributed by atoms with van der Waals surface area (Å²) in [4.78, 5) is 15.9. The molecule has 1 amide bonds. The molecule has 0 spiro atoms. The van der Waals surface area contributed by atoms with Crippen molar-refractivity contribution in [1.82, 2.24) is 20.2 Å². The zero-order valence-electron chi connectivity index (χ0n) is 13.2. The average molecular weight is 282 g/mol. The Morgan fingerprint density at radius 2 is 2.10 bits per heavy atom. The van der Waals surface area contributed by atoms with Crippen molar-refractivity contribution >= 4 is 6.09 Å². The van der Waals surface area contributed by atoms with Crippen LogP contribution in [0.3, 0.4) is 0 Å². The van der Waals surface area contributed by atoms with Crippen molar-refractivity contribution in [3.8, 4) is 0 Å². The van der Waals surface area contributed by atoms with Gasteiger partial charge in [0, 0.05) is 32.0 Å². The number of hydrogen-bond acceptors (Lipinski definition) is 4. The van der Waals surface area contributed by atoms with Crippen LogP contribution < -0.4 is 10.6 Å². The van der Waals surface area contributed by atoms with E-state index in [2.05, 4.69) is 15.6 Å². The van der Waals surface area contributed by atoms with Gasteiger partial charge in [0.25, 0.3) is 0 Å². The Morgan fingerprint density at radius 1 is 1.45 bits per heavy atom. The zero-order valence-corrected chi connectivity index (χ0v) is 13.2. The lowest BCUT2D eigenvalue weighted by molar-refractivity contribution is 0.0522. The van der Waals surface area contributed by atoms with E-state index >= 15 is 0 Å². The second kappa shape index (κ2) is 6.74. The molecule has 1 aromatic rings. The lowest BCUT2D eigenvalue weighted by Gasteiger charge is -2.22. The predicted molar refractivity (Wildman–Crippen MR) is 78.5 cm³/mol. The molecular formula is C14H26N4O2. The minimum absolute atomic E-state index is 0.116. The van der Waals surface area contributed by atoms with Crippen LogP contribution >= 0.6 is 0 Å². The highest BCUT2D eigenvalue weighted by Gasteiger charge is 2.17. The number of imidazole rings is 1. The summed E-state index contributed by atoms with van der Waals surface area (Å²) >= 11 is 0. The summed E-state index contributed by atoms with van der Waals surface area (Å²) in [6, 6.07) is 0.236. The number of nitrogens with zero attached hydrogens (tertiary/aromatic N) is 2. The Labute approximate surface area is 120 Å². The van der Waals surface area contributed by atoms with Gasteiger partial charge in [0.1, 0.15) is 11.4 Å². The van der Waals surface area contributed by atoms with Gasteiger partial charge in [-0.3, -0.25) is 0 Å². The van der Waals surface area contributed by atoms with Gasteiger partial charge in [0.2, 0.25) is 0 Å². The van der Waals surface area contributed by atoms with Crippen molar-refractivity contribution < 1.29 is 9.53 Å². The maximum atomic E-state index is 11.6. The first-order valence-electron chi connectivity index (χ1n) is 6.89. The van der Waals surface area contributed by atoms with Gasteiger partial charge in [0.15, 0.2) is 0 Å². The van der Waals surface area contributed by atoms with Gasteiger partial charge in [-0.15, -0.1) is 0 Å². The summed E-state index contributed by atoms with van der Waals surface area (Å²) in [5.74, 6) is 0.967. The van der Waals surface area contributed by atoms with Crippen LogP contribution in [0.1, 0.15) is 46.5 Å². The molecule has 0 fully saturated rings. The number of alkyl carbamates (subject to hydrolysis) is 1. The first-order chi connectivity index (χ1) is 9.19. The van der Waals surface area contributed by atoms with Gasteiger partial charge in [-0.1, -0.05) is 0 Å². The molecule has 0 aliphatic carbocycles. The lowest BCUT2D eigenvalue weighted by Crippen LogP contribution is -2.42. The SMILES string of the molecule is CC(CNC(=O)OC(C)(C)C)NC(C)c1nccn1C. The topological polar surface area (TPSA) is 68.2 Å². The molecule has 6 nitrogen and oxygen atoms in total. The minimum atomic E-state index is -0.471. The largest absolute Gasteiger partial charge is 0.444 e. The highest BCUT2D eigenvalue weighted by Crippen LogP contribution is 2.09. The maximum absolute atomic E-state index is 11.6. The third kappa shape index (κ3) is 5.61. The van der Waals surface area contributed by atoms with Gasteiger partial charge in [-0.05, 0) is 34.6 Å². The molecule has 1 rings (SSSR count). The highest BCUT2D eigenvalue weighted by molar-refractivity contribution is 5.67. The van der Waals surface area contributed by atoms with E-state index in [0.29, 0.717) is 6.54 Å². The molecule has 114 valence electrons. The molecule has 1 aromatic heterocycles. The number of amides is 1. The first kappa shape index (κ1) is 16.5. The molecule has 2 unspecified atom stereocenters. The third-order valence-electron chi connectivity index (χ3n) is 2.73. The van der Waals surface area contributed by atoms with Crippen LogP contribution in [0.4, 0.5) is 4.79 Å². The maximum Gasteiger partial charge on any atom is 0.407 e. The molecule has 0 bridgehead atoms. The van der Waals surface area contributed by atoms with Crippen molar-refractivity contribution in [1.29, 1.82) is 0 Å². The number of carbonyl (C=O) groups is 1. The normalized spacial score (nSPS) is 14.7. The van der Waals surface area contributed by atoms with Crippen molar-refractivity contribution in [2.24, 2.45) is 7.05 Å². The number of hydrogen-bond donors (Lipinski definition) is 2. The Balaban J connectivity index is 2.35. The summed E-state index contributed by atoms with van der Waals surface area (Å²) in [7, 11) is 1.96. The van der Waals surface area contributed by atoms with Crippen LogP contribution in [0.2, 0.25) is 0 Å². The number of nitrogens with one attached hydrogen (secondary N) is 2. The molecule has 20 heavy (non-hydrogen) atoms. The molecule has 0 radical (unpaired) electrons. The summed E-state index contributed by atoms with van der Waals surface area (Å²) in [6.07, 6.45) is 3.30. The Hall–Kier alpha value is -1.56. The van der Waals surface area contributed by atoms with E-state index in [1.165, 1.54) is 0 Å². The second-order valence-corrected chi connectivity index (χ2v) is 6.07. The fourth-order valence-electron chi connectivity index (χ4n) is 1.91. The predicted octanol–water partition coefficient (Wildman–Crippen LogP) is 1.98. The van der Waals surface area contributed by atoms with E-state index in [4.69, 9.17) is 4.74 Å². The van der Waals surface area contributed by atoms with E-state index in [9.17, 15) is 4.79 Å². The highest BCUT2D eigenvalue weighted by atomic mass is 16.6. The summed E-state index contributed by atoms with van der Waals surface area (Å²) in [6.45, 7) is 10.1. The van der Waals surface area contributed by atoms with E-state index in [-0.39, 0.29) is 12.1 Å². The van der Waals surface area contributed by atoms with Gasteiger partial charge in [-0.25, -0.2) is 9.78 Å². The van der Waals surface area contributed by atoms with E-state index in [1.807, 2.05) is 52.4 Å². The molecule has 0 aliphatic heterocycles. The zero-order chi connectivity index (χ0) is 15.3. The monoisotopic (exact) mass is 282 g/mol. The Kier molecular flexibility index (Phi) is 5.56. The molecule has 0 saturated carbocycles. The first-order valence-corrected chi connectivity index (χ1v) is 6.89. The molecule has 0 saturated heterocycles. The number of carbonyl (C=O) groups excluding carboxylic acids is 1. The van der Waals surface area contributed by atoms with Gasteiger partial charge in [-0.2, -0.15) is 0 Å². The van der Waals surface area contributed by atoms with Crippen molar-refractivity contribution in [3.63, 3.8) is 0 Å². The van der Waals surface area contributed by atoms with Crippen LogP contribution in [-0.4, -0.2) is 33.8 Å². The molecule has 0 aliphatic rings. The number of ether oxygens (including phenoxy) is 1. The van der Waals surface area contributed by atoms with Crippen LogP contribution in [0.5, 0.6) is 0 Å². The van der Waals surface area contributed by atoms with Crippen LogP contribution in [0.15, 0.2) is 12.4 Å². The van der Waals surface area contributed by atoms with Crippen LogP contribution in [0.25, 0.3) is 0 Å². The fourth-order valence-corrected chi connectivity index (χ4v) is 1.91. The van der Waals surface area contributed by atoms with Crippen LogP contribution in [-0.2, 0) is 11.8 Å². The Bertz CT molecular complexity index is 437. The van der Waals surface area contributed by atoms with E-state index in [1.54, 1.807) is 6.20 Å². The van der Waals surface area contributed by atoms with Crippen molar-refractivity contribution in [2.45, 2.75) is 52.3 Å². The van der Waals surface area contributed by atoms with Gasteiger partial charge in [0.05, 0.1) is 6.04 Å². The summed E-state index contributed by atoms with van der Waals surface area (Å²) < 4.78 is 7.17. The fraction of sp³-hybridized carbons (Fsp3) is 0.714. The quantitative estimate of drug-likeness (QED) is 0.866. The number of aryl methyl sites for hydroxylation is 1. The second-order valence-electron chi connectivity index (χ2n) is 6.07. The van der Waals surface area contributed by atoms with Crippen molar-refractivity contribution in [3.05, 3.63) is 18.2 Å². The minimum Gasteiger partial charge on any atom is -0.444 e. The third-order valence-corrected chi connectivity index (χ3v) is 2.73. The van der Waals surface area contributed by atoms with E-state index < -0.39 is 11.7 Å². The molecule has 2 atom stereocenters. The summed E-state index contributed by atoms with van der Waals surface area (Å²) in [5.41, 5.74) is -0.471. The summed E-state index contributed by atoms with van der Waals surface area (Å²) in [5, 5.41) is 6.14. The number of aromatic nitrogens is 2. The molecule has 2 N–H and O–H groups in total. The van der Waals surface area contributed by atoms with Gasteiger partial charge < -0.3 is 19.9 Å².